The van der Waals surface area contributed by atoms with Crippen LogP contribution in [0.15, 0.2) is 42.6 Å². The molecule has 2 N–H and O–H groups in total. The number of alkyl halides is 6. The topological polar surface area (TPSA) is 48.0 Å². The smallest absolute Gasteiger partial charge is 0.344 e. The first-order valence-electron chi connectivity index (χ1n) is 11.1. The third-order valence-corrected chi connectivity index (χ3v) is 6.90. The summed E-state index contributed by atoms with van der Waals surface area (Å²) in [5.41, 5.74) is -2.78. The van der Waals surface area contributed by atoms with E-state index in [0.29, 0.717) is 0 Å². The van der Waals surface area contributed by atoms with Gasteiger partial charge in [0.05, 0.1) is 28.0 Å². The van der Waals surface area contributed by atoms with Gasteiger partial charge in [0.15, 0.2) is 5.82 Å². The van der Waals surface area contributed by atoms with Crippen LogP contribution in [0.1, 0.15) is 51.2 Å². The highest BCUT2D eigenvalue weighted by atomic mass is 32.2. The van der Waals surface area contributed by atoms with Crippen molar-refractivity contribution in [3.63, 3.8) is 0 Å². The molecule has 0 fully saturated rings. The van der Waals surface area contributed by atoms with Crippen molar-refractivity contribution in [1.29, 1.82) is 0 Å². The van der Waals surface area contributed by atoms with Gasteiger partial charge in [-0.05, 0) is 36.0 Å². The van der Waals surface area contributed by atoms with Crippen molar-refractivity contribution in [3.8, 4) is 11.1 Å². The van der Waals surface area contributed by atoms with Crippen LogP contribution < -0.4 is 5.14 Å². The maximum Gasteiger partial charge on any atom is 0.417 e. The van der Waals surface area contributed by atoms with Crippen molar-refractivity contribution < 1.29 is 34.9 Å². The number of hydrogen-bond acceptors (Lipinski definition) is 1. The highest BCUT2D eigenvalue weighted by molar-refractivity contribution is 7.83. The van der Waals surface area contributed by atoms with E-state index in [-0.39, 0.29) is 28.6 Å². The van der Waals surface area contributed by atoms with Gasteiger partial charge in [-0.15, -0.1) is 0 Å². The molecule has 2 aromatic carbocycles. The van der Waals surface area contributed by atoms with Crippen LogP contribution in [0.3, 0.4) is 0 Å². The molecule has 1 aromatic heterocycles. The molecule has 3 rings (SSSR count). The van der Waals surface area contributed by atoms with Crippen LogP contribution in [0.5, 0.6) is 0 Å². The Bertz CT molecular complexity index is 1270. The molecule has 1 heterocycles. The van der Waals surface area contributed by atoms with Crippen molar-refractivity contribution in [3.05, 3.63) is 59.5 Å². The van der Waals surface area contributed by atoms with E-state index >= 15 is 4.39 Å². The van der Waals surface area contributed by atoms with Gasteiger partial charge < -0.3 is 4.57 Å². The molecule has 0 amide bonds. The minimum absolute atomic E-state index is 0.0673. The van der Waals surface area contributed by atoms with E-state index in [2.05, 4.69) is 0 Å². The lowest BCUT2D eigenvalue weighted by molar-refractivity contribution is -0.151. The molecule has 2 unspecified atom stereocenters. The fourth-order valence-corrected chi connectivity index (χ4v) is 4.71. The molecule has 0 radical (unpaired) electrons. The lowest BCUT2D eigenvalue weighted by Crippen LogP contribution is -2.28. The van der Waals surface area contributed by atoms with Gasteiger partial charge in [-0.25, -0.2) is 8.60 Å². The average Bonchev–Trinajstić information content (AvgIpc) is 3.07. The van der Waals surface area contributed by atoms with Crippen LogP contribution in [-0.4, -0.2) is 20.2 Å². The van der Waals surface area contributed by atoms with E-state index in [4.69, 9.17) is 5.14 Å². The van der Waals surface area contributed by atoms with Gasteiger partial charge in [0.25, 0.3) is 0 Å². The molecule has 0 aliphatic heterocycles. The Kier molecular flexibility index (Phi) is 7.68. The Morgan fingerprint density at radius 2 is 1.58 bits per heavy atom. The molecule has 0 aliphatic carbocycles. The summed E-state index contributed by atoms with van der Waals surface area (Å²) in [5.74, 6) is -3.15. The summed E-state index contributed by atoms with van der Waals surface area (Å²) < 4.78 is 112. The molecular formula is C25H27F7N2OS. The summed E-state index contributed by atoms with van der Waals surface area (Å²) in [4.78, 5) is 0. The van der Waals surface area contributed by atoms with Crippen LogP contribution in [-0.2, 0) is 23.7 Å². The maximum absolute atomic E-state index is 16.0. The number of halogens is 7. The number of nitrogens with two attached hydrogens (primary N) is 1. The summed E-state index contributed by atoms with van der Waals surface area (Å²) in [5, 5.41) is 4.25. The number of hydrogen-bond donors (Lipinski definition) is 1. The lowest BCUT2D eigenvalue weighted by atomic mass is 9.91. The normalized spacial score (nSPS) is 15.8. The van der Waals surface area contributed by atoms with Gasteiger partial charge >= 0.3 is 12.4 Å². The van der Waals surface area contributed by atoms with Crippen molar-refractivity contribution in [2.75, 3.05) is 0 Å². The minimum atomic E-state index is -4.76. The quantitative estimate of drug-likeness (QED) is 0.325. The monoisotopic (exact) mass is 536 g/mol. The van der Waals surface area contributed by atoms with Crippen LogP contribution in [0.4, 0.5) is 30.7 Å². The zero-order valence-electron chi connectivity index (χ0n) is 20.1. The van der Waals surface area contributed by atoms with Gasteiger partial charge in [0.1, 0.15) is 0 Å². The molecule has 3 atom stereocenters. The SMILES string of the molecule is CC(C[C@@H](c1cn(CC(C)(C)C)c2c(F)c(-c3ccccc3C(F)(F)F)ccc12)C(F)(F)F)S(N)=O. The zero-order chi connectivity index (χ0) is 27.2. The van der Waals surface area contributed by atoms with Crippen LogP contribution >= 0.6 is 0 Å². The standard InChI is InChI=1S/C25H27F7N2OS/c1-14(36(33)35)11-20(25(30,31)32)18-12-34(13-23(2,3)4)22-17(18)10-9-16(21(22)26)15-7-5-6-8-19(15)24(27,28)29/h5-10,12,14,20H,11,13,33H2,1-4H3/t14?,20-,36?/m0/s1. The number of nitrogens with zero attached hydrogens (tertiary/aromatic N) is 1. The number of fused-ring (bicyclic) bond motifs is 1. The highest BCUT2D eigenvalue weighted by Gasteiger charge is 2.44. The lowest BCUT2D eigenvalue weighted by Gasteiger charge is -2.22. The van der Waals surface area contributed by atoms with E-state index in [1.807, 2.05) is 0 Å². The Morgan fingerprint density at radius 3 is 2.11 bits per heavy atom. The second kappa shape index (κ2) is 9.81. The highest BCUT2D eigenvalue weighted by Crippen LogP contribution is 2.45. The summed E-state index contributed by atoms with van der Waals surface area (Å²) in [7, 11) is -2.01. The molecule has 0 aliphatic rings. The molecule has 0 bridgehead atoms. The Hall–Kier alpha value is -2.40. The van der Waals surface area contributed by atoms with Gasteiger partial charge in [-0.2, -0.15) is 26.3 Å². The van der Waals surface area contributed by atoms with Crippen molar-refractivity contribution >= 4 is 21.9 Å². The van der Waals surface area contributed by atoms with E-state index in [0.717, 1.165) is 18.2 Å². The average molecular weight is 537 g/mol. The minimum Gasteiger partial charge on any atom is -0.344 e. The fraction of sp³-hybridized carbons (Fsp3) is 0.440. The summed E-state index contributed by atoms with van der Waals surface area (Å²) in [6.07, 6.45) is -8.91. The Balaban J connectivity index is 2.34. The van der Waals surface area contributed by atoms with Crippen molar-refractivity contribution in [2.24, 2.45) is 10.6 Å². The molecule has 36 heavy (non-hydrogen) atoms. The zero-order valence-corrected chi connectivity index (χ0v) is 20.9. The Labute approximate surface area is 207 Å². The van der Waals surface area contributed by atoms with Crippen molar-refractivity contribution in [2.45, 2.75) is 64.2 Å². The first-order chi connectivity index (χ1) is 16.4. The molecule has 3 aromatic rings. The van der Waals surface area contributed by atoms with E-state index in [1.165, 1.54) is 35.9 Å². The molecule has 0 saturated heterocycles. The van der Waals surface area contributed by atoms with E-state index in [9.17, 15) is 30.6 Å². The summed E-state index contributed by atoms with van der Waals surface area (Å²) >= 11 is 0. The van der Waals surface area contributed by atoms with Gasteiger partial charge in [-0.3, -0.25) is 5.14 Å². The third-order valence-electron chi connectivity index (χ3n) is 5.91. The molecule has 0 saturated carbocycles. The summed E-state index contributed by atoms with van der Waals surface area (Å²) in [6, 6.07) is 6.76. The number of rotatable bonds is 6. The van der Waals surface area contributed by atoms with Crippen LogP contribution in [0.2, 0.25) is 0 Å². The van der Waals surface area contributed by atoms with Crippen LogP contribution in [0, 0.1) is 11.2 Å². The number of aromatic nitrogens is 1. The molecule has 11 heteroatoms. The summed E-state index contributed by atoms with van der Waals surface area (Å²) in [6.45, 7) is 6.85. The van der Waals surface area contributed by atoms with Crippen molar-refractivity contribution in [1.82, 2.24) is 4.57 Å². The van der Waals surface area contributed by atoms with Gasteiger partial charge in [-0.1, -0.05) is 51.1 Å². The van der Waals surface area contributed by atoms with E-state index < -0.39 is 63.3 Å². The predicted molar refractivity (Wildman–Crippen MR) is 127 cm³/mol. The second-order valence-electron chi connectivity index (χ2n) is 10.1. The Morgan fingerprint density at radius 1 is 0.972 bits per heavy atom. The van der Waals surface area contributed by atoms with Gasteiger partial charge in [0, 0.05) is 28.9 Å². The molecular weight excluding hydrogens is 509 g/mol. The van der Waals surface area contributed by atoms with Gasteiger partial charge in [0.2, 0.25) is 0 Å². The number of benzene rings is 2. The van der Waals surface area contributed by atoms with Crippen LogP contribution in [0.25, 0.3) is 22.0 Å². The third kappa shape index (κ3) is 5.94. The predicted octanol–water partition coefficient (Wildman–Crippen LogP) is 7.56. The molecule has 3 nitrogen and oxygen atoms in total. The first-order valence-corrected chi connectivity index (χ1v) is 12.4. The van der Waals surface area contributed by atoms with E-state index in [1.54, 1.807) is 20.8 Å². The second-order valence-corrected chi connectivity index (χ2v) is 11.6. The largest absolute Gasteiger partial charge is 0.417 e. The maximum atomic E-state index is 16.0. The fourth-order valence-electron chi connectivity index (χ4n) is 4.33. The first kappa shape index (κ1) is 28.2. The molecule has 198 valence electrons. The molecule has 0 spiro atoms.